The first-order valence-electron chi connectivity index (χ1n) is 6.33. The minimum Gasteiger partial charge on any atom is -0.338 e. The van der Waals surface area contributed by atoms with Crippen LogP contribution >= 0.6 is 11.8 Å². The number of amides is 3. The van der Waals surface area contributed by atoms with E-state index in [9.17, 15) is 9.59 Å². The molecule has 0 saturated carbocycles. The monoisotopic (exact) mass is 292 g/mol. The van der Waals surface area contributed by atoms with E-state index in [1.807, 2.05) is 35.7 Å². The average Bonchev–Trinajstić information content (AvgIpc) is 2.86. The molecule has 0 bridgehead atoms. The minimum absolute atomic E-state index is 0.146. The van der Waals surface area contributed by atoms with E-state index in [1.54, 1.807) is 6.20 Å². The number of urea groups is 1. The third-order valence-corrected chi connectivity index (χ3v) is 3.49. The number of rotatable bonds is 5. The summed E-state index contributed by atoms with van der Waals surface area (Å²) >= 11 is 1.29. The van der Waals surface area contributed by atoms with Crippen molar-refractivity contribution in [1.82, 2.24) is 20.0 Å². The summed E-state index contributed by atoms with van der Waals surface area (Å²) < 4.78 is 1.90. The predicted molar refractivity (Wildman–Crippen MR) is 77.7 cm³/mol. The lowest BCUT2D eigenvalue weighted by molar-refractivity contribution is -0.117. The highest BCUT2D eigenvalue weighted by Gasteiger charge is 2.10. The van der Waals surface area contributed by atoms with Gasteiger partial charge in [0.2, 0.25) is 5.91 Å². The van der Waals surface area contributed by atoms with E-state index in [2.05, 4.69) is 15.6 Å². The Morgan fingerprint density at radius 3 is 3.05 bits per heavy atom. The highest BCUT2D eigenvalue weighted by Crippen LogP contribution is 2.17. The summed E-state index contributed by atoms with van der Waals surface area (Å²) in [7, 11) is 0. The standard InChI is InChI=1S/C13H16N4O2S/c1-2-6-14-12(19)16-11(18)9-20-13-15-8-10-5-3-4-7-17(10)13/h3-5,7-8H,2,6,9H2,1H3,(H2,14,16,18,19). The van der Waals surface area contributed by atoms with Crippen LogP contribution in [0.25, 0.3) is 5.52 Å². The Bertz CT molecular complexity index is 611. The summed E-state index contributed by atoms with van der Waals surface area (Å²) in [6.45, 7) is 2.50. The first-order valence-corrected chi connectivity index (χ1v) is 7.32. The number of imide groups is 1. The van der Waals surface area contributed by atoms with Crippen LogP contribution in [0.5, 0.6) is 0 Å². The fraction of sp³-hybridized carbons (Fsp3) is 0.308. The zero-order chi connectivity index (χ0) is 14.4. The normalized spacial score (nSPS) is 10.4. The fourth-order valence-corrected chi connectivity index (χ4v) is 2.37. The Morgan fingerprint density at radius 2 is 2.25 bits per heavy atom. The van der Waals surface area contributed by atoms with Gasteiger partial charge in [0, 0.05) is 12.7 Å². The second kappa shape index (κ2) is 6.95. The summed E-state index contributed by atoms with van der Waals surface area (Å²) in [6.07, 6.45) is 4.46. The van der Waals surface area contributed by atoms with E-state index in [1.165, 1.54) is 11.8 Å². The predicted octanol–water partition coefficient (Wildman–Crippen LogP) is 1.66. The Kier molecular flexibility index (Phi) is 5.00. The van der Waals surface area contributed by atoms with Crippen molar-refractivity contribution in [2.75, 3.05) is 12.3 Å². The zero-order valence-corrected chi connectivity index (χ0v) is 11.9. The fourth-order valence-electron chi connectivity index (χ4n) is 1.60. The van der Waals surface area contributed by atoms with Crippen molar-refractivity contribution >= 4 is 29.2 Å². The number of fused-ring (bicyclic) bond motifs is 1. The molecular formula is C13H16N4O2S. The number of imidazole rings is 1. The van der Waals surface area contributed by atoms with Gasteiger partial charge in [-0.25, -0.2) is 9.78 Å². The largest absolute Gasteiger partial charge is 0.338 e. The van der Waals surface area contributed by atoms with Crippen molar-refractivity contribution in [2.45, 2.75) is 18.5 Å². The smallest absolute Gasteiger partial charge is 0.321 e. The second-order valence-electron chi connectivity index (χ2n) is 4.13. The molecule has 0 saturated heterocycles. The van der Waals surface area contributed by atoms with Crippen molar-refractivity contribution in [3.63, 3.8) is 0 Å². The van der Waals surface area contributed by atoms with E-state index in [-0.39, 0.29) is 11.7 Å². The van der Waals surface area contributed by atoms with Crippen LogP contribution in [0.15, 0.2) is 35.7 Å². The number of carbonyl (C=O) groups is 2. The number of hydrogen-bond acceptors (Lipinski definition) is 4. The second-order valence-corrected chi connectivity index (χ2v) is 5.07. The molecule has 0 atom stereocenters. The molecule has 6 nitrogen and oxygen atoms in total. The number of hydrogen-bond donors (Lipinski definition) is 2. The first-order chi connectivity index (χ1) is 9.70. The van der Waals surface area contributed by atoms with Crippen LogP contribution in [0.1, 0.15) is 13.3 Å². The van der Waals surface area contributed by atoms with Crippen LogP contribution in [0.4, 0.5) is 4.79 Å². The SMILES string of the molecule is CCCNC(=O)NC(=O)CSc1ncc2ccccn12. The summed E-state index contributed by atoms with van der Waals surface area (Å²) in [5.74, 6) is -0.190. The molecule has 0 unspecified atom stereocenters. The average molecular weight is 292 g/mol. The maximum Gasteiger partial charge on any atom is 0.321 e. The van der Waals surface area contributed by atoms with E-state index in [0.29, 0.717) is 6.54 Å². The number of nitrogens with zero attached hydrogens (tertiary/aromatic N) is 2. The van der Waals surface area contributed by atoms with Gasteiger partial charge in [0.25, 0.3) is 0 Å². The Labute approximate surface area is 121 Å². The summed E-state index contributed by atoms with van der Waals surface area (Å²) in [5.41, 5.74) is 0.969. The van der Waals surface area contributed by atoms with E-state index >= 15 is 0 Å². The van der Waals surface area contributed by atoms with Crippen molar-refractivity contribution in [2.24, 2.45) is 0 Å². The minimum atomic E-state index is -0.453. The number of carbonyl (C=O) groups excluding carboxylic acids is 2. The van der Waals surface area contributed by atoms with Gasteiger partial charge in [-0.2, -0.15) is 0 Å². The molecule has 2 heterocycles. The third kappa shape index (κ3) is 3.74. The molecule has 0 aliphatic carbocycles. The first kappa shape index (κ1) is 14.4. The molecule has 0 aliphatic heterocycles. The van der Waals surface area contributed by atoms with Gasteiger partial charge in [0.15, 0.2) is 5.16 Å². The van der Waals surface area contributed by atoms with E-state index in [0.717, 1.165) is 17.1 Å². The van der Waals surface area contributed by atoms with Crippen molar-refractivity contribution in [3.05, 3.63) is 30.6 Å². The maximum atomic E-state index is 11.6. The third-order valence-electron chi connectivity index (χ3n) is 2.53. The number of pyridine rings is 1. The van der Waals surface area contributed by atoms with Crippen LogP contribution in [-0.2, 0) is 4.79 Å². The van der Waals surface area contributed by atoms with Gasteiger partial charge in [0.1, 0.15) is 0 Å². The summed E-state index contributed by atoms with van der Waals surface area (Å²) in [6, 6.07) is 5.31. The van der Waals surface area contributed by atoms with Crippen LogP contribution < -0.4 is 10.6 Å². The molecule has 0 aliphatic rings. The molecule has 106 valence electrons. The van der Waals surface area contributed by atoms with Gasteiger partial charge in [-0.15, -0.1) is 0 Å². The molecule has 7 heteroatoms. The highest BCUT2D eigenvalue weighted by molar-refractivity contribution is 7.99. The molecule has 2 rings (SSSR count). The van der Waals surface area contributed by atoms with Gasteiger partial charge in [-0.05, 0) is 18.6 Å². The Balaban J connectivity index is 1.86. The molecule has 2 N–H and O–H groups in total. The Morgan fingerprint density at radius 1 is 1.40 bits per heavy atom. The molecule has 2 aromatic rings. The molecule has 0 radical (unpaired) electrons. The van der Waals surface area contributed by atoms with Crippen LogP contribution in [0.2, 0.25) is 0 Å². The molecule has 20 heavy (non-hydrogen) atoms. The van der Waals surface area contributed by atoms with Gasteiger partial charge < -0.3 is 5.32 Å². The molecule has 0 aromatic carbocycles. The number of thioether (sulfide) groups is 1. The summed E-state index contributed by atoms with van der Waals surface area (Å²) in [5, 5.41) is 5.59. The van der Waals surface area contributed by atoms with Crippen LogP contribution in [0, 0.1) is 0 Å². The van der Waals surface area contributed by atoms with Crippen molar-refractivity contribution < 1.29 is 9.59 Å². The van der Waals surface area contributed by atoms with Crippen LogP contribution in [-0.4, -0.2) is 33.6 Å². The molecular weight excluding hydrogens is 276 g/mol. The molecule has 0 spiro atoms. The lowest BCUT2D eigenvalue weighted by Crippen LogP contribution is -2.40. The number of aromatic nitrogens is 2. The maximum absolute atomic E-state index is 11.6. The quantitative estimate of drug-likeness (QED) is 0.822. The lowest BCUT2D eigenvalue weighted by Gasteiger charge is -2.05. The van der Waals surface area contributed by atoms with Crippen molar-refractivity contribution in [3.8, 4) is 0 Å². The highest BCUT2D eigenvalue weighted by atomic mass is 32.2. The molecule has 2 aromatic heterocycles. The topological polar surface area (TPSA) is 75.5 Å². The molecule has 3 amide bonds. The van der Waals surface area contributed by atoms with Gasteiger partial charge in [-0.3, -0.25) is 14.5 Å². The number of nitrogens with one attached hydrogen (secondary N) is 2. The zero-order valence-electron chi connectivity index (χ0n) is 11.1. The van der Waals surface area contributed by atoms with E-state index < -0.39 is 6.03 Å². The van der Waals surface area contributed by atoms with E-state index in [4.69, 9.17) is 0 Å². The van der Waals surface area contributed by atoms with Gasteiger partial charge in [-0.1, -0.05) is 24.8 Å². The van der Waals surface area contributed by atoms with Crippen LogP contribution in [0.3, 0.4) is 0 Å². The van der Waals surface area contributed by atoms with Gasteiger partial charge >= 0.3 is 6.03 Å². The lowest BCUT2D eigenvalue weighted by atomic mass is 10.4. The van der Waals surface area contributed by atoms with Crippen molar-refractivity contribution in [1.29, 1.82) is 0 Å². The summed E-state index contributed by atoms with van der Waals surface area (Å²) in [4.78, 5) is 27.2. The Hall–Kier alpha value is -2.02. The van der Waals surface area contributed by atoms with Gasteiger partial charge in [0.05, 0.1) is 17.5 Å². The molecule has 0 fully saturated rings.